The second-order valence-electron chi connectivity index (χ2n) is 9.66. The number of hydrogen-bond donors (Lipinski definition) is 8. The molecule has 214 valence electrons. The zero-order chi connectivity index (χ0) is 29.6. The molecule has 0 saturated heterocycles. The third-order valence-electron chi connectivity index (χ3n) is 6.88. The van der Waals surface area contributed by atoms with Gasteiger partial charge in [-0.2, -0.15) is 0 Å². The van der Waals surface area contributed by atoms with Crippen LogP contribution in [0.2, 0.25) is 0 Å². The van der Waals surface area contributed by atoms with Crippen LogP contribution in [0.4, 0.5) is 21.0 Å². The molecule has 4 amide bonds. The number of imide groups is 2. The topological polar surface area (TPSA) is 188 Å². The van der Waals surface area contributed by atoms with Gasteiger partial charge >= 0.3 is 12.2 Å². The Hall–Kier alpha value is -5.78. The highest BCUT2D eigenvalue weighted by molar-refractivity contribution is 5.98. The van der Waals surface area contributed by atoms with Gasteiger partial charge in [0, 0.05) is 47.0 Å². The second-order valence-corrected chi connectivity index (χ2v) is 9.66. The van der Waals surface area contributed by atoms with Crippen molar-refractivity contribution in [3.63, 3.8) is 0 Å². The second kappa shape index (κ2) is 12.2. The van der Waals surface area contributed by atoms with Gasteiger partial charge in [-0.15, -0.1) is 0 Å². The maximum atomic E-state index is 13.0. The van der Waals surface area contributed by atoms with Crippen LogP contribution >= 0.6 is 0 Å². The Labute approximate surface area is 239 Å². The number of benzene rings is 3. The van der Waals surface area contributed by atoms with Crippen molar-refractivity contribution in [1.29, 1.82) is 0 Å². The zero-order valence-corrected chi connectivity index (χ0v) is 22.2. The highest BCUT2D eigenvalue weighted by Crippen LogP contribution is 2.27. The van der Waals surface area contributed by atoms with E-state index in [1.54, 1.807) is 36.7 Å². The standard InChI is InChI=1S/C30H28N6O6/c37-27(35-29(39)40)25(13-17-15-31-21-9-3-1-7-19(17)21)33-23-11-5-6-12-24(23)34-26(28(38)36-30(41)42)14-18-16-32-22-10-4-2-8-20(18)22/h1-12,15-16,25-26,31-34H,13-14H2,(H,35,37)(H,36,38)(H,39,40)(H,41,42). The van der Waals surface area contributed by atoms with Gasteiger partial charge in [0.1, 0.15) is 12.1 Å². The minimum atomic E-state index is -1.48. The van der Waals surface area contributed by atoms with E-state index in [1.807, 2.05) is 59.2 Å². The Bertz CT molecular complexity index is 1650. The molecule has 12 heteroatoms. The predicted octanol–water partition coefficient (Wildman–Crippen LogP) is 4.28. The first-order valence-electron chi connectivity index (χ1n) is 13.1. The first-order chi connectivity index (χ1) is 20.3. The molecule has 3 aromatic carbocycles. The molecule has 5 rings (SSSR count). The van der Waals surface area contributed by atoms with E-state index in [1.165, 1.54) is 0 Å². The lowest BCUT2D eigenvalue weighted by Crippen LogP contribution is -2.44. The molecule has 8 N–H and O–H groups in total. The molecular weight excluding hydrogens is 540 g/mol. The van der Waals surface area contributed by atoms with Crippen molar-refractivity contribution in [3.8, 4) is 0 Å². The average Bonchev–Trinajstić information content (AvgIpc) is 3.56. The summed E-state index contributed by atoms with van der Waals surface area (Å²) in [6, 6.07) is 19.9. The minimum Gasteiger partial charge on any atom is -0.465 e. The van der Waals surface area contributed by atoms with E-state index in [-0.39, 0.29) is 12.8 Å². The fourth-order valence-electron chi connectivity index (χ4n) is 4.95. The summed E-state index contributed by atoms with van der Waals surface area (Å²) in [7, 11) is 0. The molecule has 5 aromatic rings. The normalized spacial score (nSPS) is 12.4. The van der Waals surface area contributed by atoms with Crippen LogP contribution in [-0.2, 0) is 22.4 Å². The number of rotatable bonds is 10. The SMILES string of the molecule is O=C(O)NC(=O)C(Cc1c[nH]c2ccccc12)Nc1ccccc1NC(Cc1c[nH]c2ccccc12)C(=O)NC(=O)O. The Morgan fingerprint density at radius 1 is 0.595 bits per heavy atom. The molecule has 42 heavy (non-hydrogen) atoms. The summed E-state index contributed by atoms with van der Waals surface area (Å²) in [4.78, 5) is 55.0. The van der Waals surface area contributed by atoms with Crippen LogP contribution in [0.25, 0.3) is 21.8 Å². The van der Waals surface area contributed by atoms with E-state index >= 15 is 0 Å². The smallest absolute Gasteiger partial charge is 0.411 e. The third kappa shape index (κ3) is 6.33. The van der Waals surface area contributed by atoms with Gasteiger partial charge in [0.15, 0.2) is 0 Å². The molecule has 2 aromatic heterocycles. The zero-order valence-electron chi connectivity index (χ0n) is 22.2. The van der Waals surface area contributed by atoms with Crippen LogP contribution in [0, 0.1) is 0 Å². The summed E-state index contributed by atoms with van der Waals surface area (Å²) in [6.07, 6.45) is 0.865. The quantitative estimate of drug-likeness (QED) is 0.122. The van der Waals surface area contributed by atoms with Crippen LogP contribution in [0.5, 0.6) is 0 Å². The molecule has 0 spiro atoms. The summed E-state index contributed by atoms with van der Waals surface area (Å²) in [5.74, 6) is -1.52. The van der Waals surface area contributed by atoms with Crippen molar-refractivity contribution in [3.05, 3.63) is 96.3 Å². The molecule has 12 nitrogen and oxygen atoms in total. The Kier molecular flexibility index (Phi) is 8.05. The van der Waals surface area contributed by atoms with Crippen LogP contribution in [0.3, 0.4) is 0 Å². The van der Waals surface area contributed by atoms with Gasteiger partial charge in [-0.3, -0.25) is 20.2 Å². The lowest BCUT2D eigenvalue weighted by Gasteiger charge is -2.24. The van der Waals surface area contributed by atoms with Crippen LogP contribution in [-0.4, -0.2) is 56.3 Å². The molecule has 0 saturated carbocycles. The number of hydrogen-bond acceptors (Lipinski definition) is 6. The van der Waals surface area contributed by atoms with Crippen molar-refractivity contribution < 1.29 is 29.4 Å². The van der Waals surface area contributed by atoms with Gasteiger partial charge < -0.3 is 30.8 Å². The number of anilines is 2. The number of carbonyl (C=O) groups excluding carboxylic acids is 2. The number of para-hydroxylation sites is 4. The number of carbonyl (C=O) groups is 4. The Morgan fingerprint density at radius 2 is 0.976 bits per heavy atom. The Morgan fingerprint density at radius 3 is 1.38 bits per heavy atom. The lowest BCUT2D eigenvalue weighted by atomic mass is 10.0. The van der Waals surface area contributed by atoms with Crippen LogP contribution in [0.1, 0.15) is 11.1 Å². The van der Waals surface area contributed by atoms with Crippen LogP contribution in [0.15, 0.2) is 85.2 Å². The molecular formula is C30H28N6O6. The molecule has 0 aliphatic carbocycles. The lowest BCUT2D eigenvalue weighted by molar-refractivity contribution is -0.122. The van der Waals surface area contributed by atoms with E-state index in [0.717, 1.165) is 32.9 Å². The first kappa shape index (κ1) is 27.8. The van der Waals surface area contributed by atoms with E-state index < -0.39 is 36.1 Å². The fraction of sp³-hybridized carbons (Fsp3) is 0.133. The molecule has 2 heterocycles. The van der Waals surface area contributed by atoms with Crippen molar-refractivity contribution >= 4 is 57.2 Å². The molecule has 0 radical (unpaired) electrons. The highest BCUT2D eigenvalue weighted by atomic mass is 16.4. The van der Waals surface area contributed by atoms with Gasteiger partial charge in [-0.25, -0.2) is 9.59 Å². The van der Waals surface area contributed by atoms with Crippen molar-refractivity contribution in [2.45, 2.75) is 24.9 Å². The number of fused-ring (bicyclic) bond motifs is 2. The largest absolute Gasteiger partial charge is 0.465 e. The first-order valence-corrected chi connectivity index (χ1v) is 13.1. The van der Waals surface area contributed by atoms with E-state index in [9.17, 15) is 29.4 Å². The van der Waals surface area contributed by atoms with Gasteiger partial charge in [0.05, 0.1) is 11.4 Å². The third-order valence-corrected chi connectivity index (χ3v) is 6.88. The summed E-state index contributed by atoms with van der Waals surface area (Å²) >= 11 is 0. The monoisotopic (exact) mass is 568 g/mol. The number of nitrogens with one attached hydrogen (secondary N) is 6. The number of H-pyrrole nitrogens is 2. The van der Waals surface area contributed by atoms with Crippen molar-refractivity contribution in [2.24, 2.45) is 0 Å². The van der Waals surface area contributed by atoms with Crippen LogP contribution < -0.4 is 21.3 Å². The van der Waals surface area contributed by atoms with Gasteiger partial charge in [0.2, 0.25) is 0 Å². The summed E-state index contributed by atoms with van der Waals surface area (Å²) in [5, 5.41) is 30.3. The maximum absolute atomic E-state index is 13.0. The van der Waals surface area contributed by atoms with E-state index in [2.05, 4.69) is 20.6 Å². The Balaban J connectivity index is 1.44. The van der Waals surface area contributed by atoms with E-state index in [0.29, 0.717) is 11.4 Å². The fourth-order valence-corrected chi connectivity index (χ4v) is 4.95. The number of carboxylic acid groups (broad SMARTS) is 2. The molecule has 0 bridgehead atoms. The molecule has 2 atom stereocenters. The van der Waals surface area contributed by atoms with Gasteiger partial charge in [0.25, 0.3) is 11.8 Å². The number of aromatic nitrogens is 2. The van der Waals surface area contributed by atoms with Crippen molar-refractivity contribution in [2.75, 3.05) is 10.6 Å². The molecule has 0 aliphatic rings. The van der Waals surface area contributed by atoms with Gasteiger partial charge in [-0.05, 0) is 35.4 Å². The average molecular weight is 569 g/mol. The summed E-state index contributed by atoms with van der Waals surface area (Å²) in [6.45, 7) is 0. The summed E-state index contributed by atoms with van der Waals surface area (Å²) < 4.78 is 0. The van der Waals surface area contributed by atoms with E-state index in [4.69, 9.17) is 0 Å². The van der Waals surface area contributed by atoms with Gasteiger partial charge in [-0.1, -0.05) is 48.5 Å². The highest BCUT2D eigenvalue weighted by Gasteiger charge is 2.26. The number of aromatic amines is 2. The maximum Gasteiger partial charge on any atom is 0.411 e. The summed E-state index contributed by atoms with van der Waals surface area (Å²) in [5.41, 5.74) is 4.16. The molecule has 0 fully saturated rings. The predicted molar refractivity (Wildman–Crippen MR) is 158 cm³/mol. The molecule has 2 unspecified atom stereocenters. The van der Waals surface area contributed by atoms with Crippen molar-refractivity contribution in [1.82, 2.24) is 20.6 Å². The number of amides is 4. The minimum absolute atomic E-state index is 0.149. The molecule has 0 aliphatic heterocycles.